The molecule has 3 N–H and O–H groups in total. The zero-order valence-electron chi connectivity index (χ0n) is 17.3. The molecule has 1 aromatic rings. The number of hydrogen-bond donors (Lipinski definition) is 2. The number of halogens is 3. The van der Waals surface area contributed by atoms with Gasteiger partial charge in [-0.15, -0.1) is 0 Å². The summed E-state index contributed by atoms with van der Waals surface area (Å²) in [6.45, 7) is 2.41. The van der Waals surface area contributed by atoms with E-state index in [2.05, 4.69) is 17.2 Å². The molecule has 0 unspecified atom stereocenters. The van der Waals surface area contributed by atoms with E-state index in [1.54, 1.807) is 11.8 Å². The minimum Gasteiger partial charge on any atom is -0.367 e. The van der Waals surface area contributed by atoms with E-state index in [-0.39, 0.29) is 30.1 Å². The number of hydrogen-bond acceptors (Lipinski definition) is 3. The molecule has 4 rings (SSSR count). The molecule has 1 aromatic carbocycles. The molecule has 1 saturated heterocycles. The third kappa shape index (κ3) is 4.01. The van der Waals surface area contributed by atoms with Crippen molar-refractivity contribution in [2.24, 2.45) is 5.73 Å². The van der Waals surface area contributed by atoms with Crippen LogP contribution in [-0.4, -0.2) is 36.9 Å². The number of amides is 2. The van der Waals surface area contributed by atoms with Gasteiger partial charge in [0.1, 0.15) is 5.82 Å². The predicted octanol–water partition coefficient (Wildman–Crippen LogP) is 3.16. The molecular weight excluding hydrogens is 407 g/mol. The number of anilines is 1. The molecule has 1 atom stereocenters. The molecule has 2 aliphatic carbocycles. The predicted molar refractivity (Wildman–Crippen MR) is 111 cm³/mol. The van der Waals surface area contributed by atoms with E-state index in [1.807, 2.05) is 0 Å². The van der Waals surface area contributed by atoms with Gasteiger partial charge in [-0.3, -0.25) is 9.59 Å². The third-order valence-corrected chi connectivity index (χ3v) is 6.28. The molecule has 8 heteroatoms. The first-order valence-corrected chi connectivity index (χ1v) is 10.4. The number of allylic oxidation sites excluding steroid dienone is 2. The molecule has 0 bridgehead atoms. The quantitative estimate of drug-likeness (QED) is 0.722. The third-order valence-electron chi connectivity index (χ3n) is 6.28. The number of rotatable bonds is 3. The van der Waals surface area contributed by atoms with Gasteiger partial charge in [0, 0.05) is 43.1 Å². The number of nitrogens with one attached hydrogen (secondary N) is 1. The van der Waals surface area contributed by atoms with E-state index in [0.717, 1.165) is 11.6 Å². The summed E-state index contributed by atoms with van der Waals surface area (Å²) in [6, 6.07) is 0.883. The van der Waals surface area contributed by atoms with Gasteiger partial charge < -0.3 is 16.0 Å². The molecule has 1 fully saturated rings. The van der Waals surface area contributed by atoms with Crippen LogP contribution >= 0.6 is 0 Å². The normalized spacial score (nSPS) is 21.7. The number of fused-ring (bicyclic) bond motifs is 2. The van der Waals surface area contributed by atoms with E-state index in [0.29, 0.717) is 49.1 Å². The zero-order valence-corrected chi connectivity index (χ0v) is 17.3. The average Bonchev–Trinajstić information content (AvgIpc) is 3.05. The van der Waals surface area contributed by atoms with E-state index in [9.17, 15) is 18.4 Å². The number of carbonyl (C=O) groups excluding carboxylic acids is 2. The summed E-state index contributed by atoms with van der Waals surface area (Å²) >= 11 is 0. The van der Waals surface area contributed by atoms with Crippen molar-refractivity contribution in [3.8, 4) is 11.8 Å². The van der Waals surface area contributed by atoms with E-state index in [1.165, 1.54) is 0 Å². The molecule has 5 nitrogen and oxygen atoms in total. The minimum absolute atomic E-state index is 0.0500. The topological polar surface area (TPSA) is 75.4 Å². The molecule has 0 spiro atoms. The molecule has 0 radical (unpaired) electrons. The van der Waals surface area contributed by atoms with Crippen LogP contribution in [0.2, 0.25) is 0 Å². The Labute approximate surface area is 178 Å². The van der Waals surface area contributed by atoms with Gasteiger partial charge in [-0.1, -0.05) is 11.5 Å². The molecule has 2 amide bonds. The first-order chi connectivity index (χ1) is 14.7. The van der Waals surface area contributed by atoms with Crippen LogP contribution in [0, 0.1) is 17.7 Å². The van der Waals surface area contributed by atoms with Crippen molar-refractivity contribution in [3.63, 3.8) is 0 Å². The highest BCUT2D eigenvalue weighted by Crippen LogP contribution is 2.51. The molecule has 0 aromatic heterocycles. The lowest BCUT2D eigenvalue weighted by atomic mass is 9.88. The van der Waals surface area contributed by atoms with Gasteiger partial charge in [0.2, 0.25) is 5.91 Å². The molecule has 1 aliphatic heterocycles. The lowest BCUT2D eigenvalue weighted by molar-refractivity contribution is -0.116. The standard InChI is InChI=1S/C23H24F3N3O2/c1-2-4-19(30)28-14-5-3-8-29(12-14)21-18(24)10-16(22(27)31)15-9-13-6-7-23(25,26)11-17(13)20(15)21/h10,14H,3,5-9,11-12H2,1H3,(H2,27,31)(H,28,30)/t14-/m0/s1. The summed E-state index contributed by atoms with van der Waals surface area (Å²) in [7, 11) is 0. The number of nitrogens with two attached hydrogens (primary N) is 1. The maximum Gasteiger partial charge on any atom is 0.296 e. The molecular formula is C23H24F3N3O2. The Morgan fingerprint density at radius 2 is 2.13 bits per heavy atom. The molecule has 1 heterocycles. The summed E-state index contributed by atoms with van der Waals surface area (Å²) in [5.74, 6) is 0.280. The highest BCUT2D eigenvalue weighted by atomic mass is 19.3. The lowest BCUT2D eigenvalue weighted by Crippen LogP contribution is -2.48. The Morgan fingerprint density at radius 1 is 1.35 bits per heavy atom. The summed E-state index contributed by atoms with van der Waals surface area (Å²) in [4.78, 5) is 25.6. The van der Waals surface area contributed by atoms with E-state index < -0.39 is 30.0 Å². The Bertz CT molecular complexity index is 1050. The van der Waals surface area contributed by atoms with Crippen molar-refractivity contribution in [3.05, 3.63) is 34.1 Å². The van der Waals surface area contributed by atoms with Gasteiger partial charge in [-0.25, -0.2) is 13.2 Å². The van der Waals surface area contributed by atoms with Gasteiger partial charge in [-0.05, 0) is 55.7 Å². The number of nitrogens with zero attached hydrogens (tertiary/aromatic N) is 1. The lowest BCUT2D eigenvalue weighted by Gasteiger charge is -2.36. The van der Waals surface area contributed by atoms with Gasteiger partial charge in [0.15, 0.2) is 0 Å². The SMILES string of the molecule is CC#CC(=O)N[C@H]1CCCN(c2c(F)cc(C(N)=O)c3c2C2=C(CCC(F)(F)C2)C3)C1. The Morgan fingerprint density at radius 3 is 2.84 bits per heavy atom. The number of carbonyl (C=O) groups is 2. The van der Waals surface area contributed by atoms with Crippen LogP contribution in [0.25, 0.3) is 5.57 Å². The number of alkyl halides is 2. The van der Waals surface area contributed by atoms with Crippen molar-refractivity contribution in [2.45, 2.75) is 57.4 Å². The maximum absolute atomic E-state index is 15.3. The van der Waals surface area contributed by atoms with Crippen molar-refractivity contribution >= 4 is 23.1 Å². The molecule has 164 valence electrons. The van der Waals surface area contributed by atoms with Crippen molar-refractivity contribution in [1.82, 2.24) is 5.32 Å². The summed E-state index contributed by atoms with van der Waals surface area (Å²) in [5, 5.41) is 2.82. The number of benzene rings is 1. The van der Waals surface area contributed by atoms with Crippen LogP contribution < -0.4 is 16.0 Å². The van der Waals surface area contributed by atoms with Crippen LogP contribution in [0.4, 0.5) is 18.9 Å². The zero-order chi connectivity index (χ0) is 22.3. The molecule has 0 saturated carbocycles. The van der Waals surface area contributed by atoms with Crippen LogP contribution in [0.3, 0.4) is 0 Å². The molecule has 3 aliphatic rings. The Balaban J connectivity index is 1.76. The fourth-order valence-electron chi connectivity index (χ4n) is 4.98. The summed E-state index contributed by atoms with van der Waals surface area (Å²) < 4.78 is 43.9. The first-order valence-electron chi connectivity index (χ1n) is 10.4. The maximum atomic E-state index is 15.3. The van der Waals surface area contributed by atoms with Crippen molar-refractivity contribution in [2.75, 3.05) is 18.0 Å². The highest BCUT2D eigenvalue weighted by Gasteiger charge is 2.42. The number of piperidine rings is 1. The number of primary amides is 1. The monoisotopic (exact) mass is 431 g/mol. The summed E-state index contributed by atoms with van der Waals surface area (Å²) in [6.07, 6.45) is 1.24. The largest absolute Gasteiger partial charge is 0.367 e. The fraction of sp³-hybridized carbons (Fsp3) is 0.478. The second-order valence-electron chi connectivity index (χ2n) is 8.40. The smallest absolute Gasteiger partial charge is 0.296 e. The Kier molecular flexibility index (Phi) is 5.46. The summed E-state index contributed by atoms with van der Waals surface area (Å²) in [5.41, 5.74) is 7.96. The Hall–Kier alpha value is -2.95. The second kappa shape index (κ2) is 7.95. The highest BCUT2D eigenvalue weighted by molar-refractivity contribution is 6.00. The second-order valence-corrected chi connectivity index (χ2v) is 8.40. The van der Waals surface area contributed by atoms with E-state index >= 15 is 4.39 Å². The fourth-order valence-corrected chi connectivity index (χ4v) is 4.98. The van der Waals surface area contributed by atoms with Crippen LogP contribution in [0.5, 0.6) is 0 Å². The van der Waals surface area contributed by atoms with Gasteiger partial charge in [0.25, 0.3) is 11.8 Å². The van der Waals surface area contributed by atoms with Gasteiger partial charge >= 0.3 is 0 Å². The van der Waals surface area contributed by atoms with Crippen LogP contribution in [0.15, 0.2) is 11.6 Å². The van der Waals surface area contributed by atoms with Crippen LogP contribution in [-0.2, 0) is 11.2 Å². The minimum atomic E-state index is -2.87. The molecule has 31 heavy (non-hydrogen) atoms. The van der Waals surface area contributed by atoms with E-state index in [4.69, 9.17) is 5.73 Å². The van der Waals surface area contributed by atoms with Crippen molar-refractivity contribution in [1.29, 1.82) is 0 Å². The van der Waals surface area contributed by atoms with Crippen LogP contribution in [0.1, 0.15) is 60.5 Å². The van der Waals surface area contributed by atoms with Crippen molar-refractivity contribution < 1.29 is 22.8 Å². The average molecular weight is 431 g/mol. The van der Waals surface area contributed by atoms with Gasteiger partial charge in [0.05, 0.1) is 5.69 Å². The van der Waals surface area contributed by atoms with Gasteiger partial charge in [-0.2, -0.15) is 0 Å². The first kappa shape index (κ1) is 21.3.